The van der Waals surface area contributed by atoms with Crippen molar-refractivity contribution < 1.29 is 13.2 Å². The van der Waals surface area contributed by atoms with Crippen molar-refractivity contribution in [3.8, 4) is 0 Å². The second-order valence-corrected chi connectivity index (χ2v) is 7.80. The molecule has 5 nitrogen and oxygen atoms in total. The number of benzene rings is 2. The number of amides is 1. The number of halogens is 1. The standard InChI is InChI=1S/C18H21ClN2O3S/c1-2-3-4-12-20-25(23,24)17-7-5-6-14(13-17)18(22)21-16-10-8-15(19)9-11-16/h5-11,13,20H,2-4,12H2,1H3,(H,21,22). The van der Waals surface area contributed by atoms with Crippen LogP contribution in [0, 0.1) is 0 Å². The first-order valence-electron chi connectivity index (χ1n) is 8.09. The van der Waals surface area contributed by atoms with Gasteiger partial charge in [-0.05, 0) is 48.9 Å². The summed E-state index contributed by atoms with van der Waals surface area (Å²) in [6.45, 7) is 2.44. The number of unbranched alkanes of at least 4 members (excludes halogenated alkanes) is 2. The van der Waals surface area contributed by atoms with Crippen LogP contribution in [0.1, 0.15) is 36.5 Å². The molecule has 1 amide bonds. The van der Waals surface area contributed by atoms with E-state index in [-0.39, 0.29) is 16.4 Å². The van der Waals surface area contributed by atoms with Gasteiger partial charge in [0.25, 0.3) is 5.91 Å². The van der Waals surface area contributed by atoms with Crippen molar-refractivity contribution in [2.75, 3.05) is 11.9 Å². The monoisotopic (exact) mass is 380 g/mol. The maximum absolute atomic E-state index is 12.3. The summed E-state index contributed by atoms with van der Waals surface area (Å²) in [6.07, 6.45) is 2.76. The summed E-state index contributed by atoms with van der Waals surface area (Å²) in [5.41, 5.74) is 0.853. The highest BCUT2D eigenvalue weighted by atomic mass is 35.5. The minimum Gasteiger partial charge on any atom is -0.322 e. The van der Waals surface area contributed by atoms with E-state index in [9.17, 15) is 13.2 Å². The fourth-order valence-electron chi connectivity index (χ4n) is 2.21. The summed E-state index contributed by atoms with van der Waals surface area (Å²) in [4.78, 5) is 12.4. The molecular weight excluding hydrogens is 360 g/mol. The van der Waals surface area contributed by atoms with E-state index < -0.39 is 10.0 Å². The van der Waals surface area contributed by atoms with Gasteiger partial charge in [-0.2, -0.15) is 0 Å². The maximum Gasteiger partial charge on any atom is 0.255 e. The van der Waals surface area contributed by atoms with E-state index in [1.807, 2.05) is 0 Å². The van der Waals surface area contributed by atoms with Gasteiger partial charge in [0.15, 0.2) is 0 Å². The fraction of sp³-hybridized carbons (Fsp3) is 0.278. The quantitative estimate of drug-likeness (QED) is 0.678. The lowest BCUT2D eigenvalue weighted by Crippen LogP contribution is -2.25. The highest BCUT2D eigenvalue weighted by Crippen LogP contribution is 2.16. The third kappa shape index (κ3) is 5.85. The number of carbonyl (C=O) groups is 1. The molecule has 0 spiro atoms. The van der Waals surface area contributed by atoms with E-state index in [2.05, 4.69) is 17.0 Å². The molecule has 0 fully saturated rings. The summed E-state index contributed by atoms with van der Waals surface area (Å²) in [7, 11) is -3.62. The summed E-state index contributed by atoms with van der Waals surface area (Å²) in [5.74, 6) is -0.384. The zero-order chi connectivity index (χ0) is 18.3. The van der Waals surface area contributed by atoms with E-state index in [1.54, 1.807) is 36.4 Å². The molecule has 2 rings (SSSR count). The van der Waals surface area contributed by atoms with E-state index in [1.165, 1.54) is 12.1 Å². The van der Waals surface area contributed by atoms with Crippen LogP contribution in [0.25, 0.3) is 0 Å². The molecule has 2 N–H and O–H groups in total. The molecule has 0 heterocycles. The van der Waals surface area contributed by atoms with Crippen molar-refractivity contribution in [1.82, 2.24) is 4.72 Å². The second kappa shape index (κ2) is 8.99. The molecule has 2 aromatic rings. The molecule has 134 valence electrons. The highest BCUT2D eigenvalue weighted by Gasteiger charge is 2.16. The van der Waals surface area contributed by atoms with Crippen molar-refractivity contribution in [2.45, 2.75) is 31.1 Å². The maximum atomic E-state index is 12.3. The third-order valence-corrected chi connectivity index (χ3v) is 5.29. The molecule has 0 aliphatic carbocycles. The first kappa shape index (κ1) is 19.4. The number of hydrogen-bond donors (Lipinski definition) is 2. The van der Waals surface area contributed by atoms with E-state index in [4.69, 9.17) is 11.6 Å². The predicted molar refractivity (Wildman–Crippen MR) is 101 cm³/mol. The van der Waals surface area contributed by atoms with Gasteiger partial charge in [0.2, 0.25) is 10.0 Å². The minimum atomic E-state index is -3.62. The molecule has 0 radical (unpaired) electrons. The number of sulfonamides is 1. The first-order valence-corrected chi connectivity index (χ1v) is 9.95. The van der Waals surface area contributed by atoms with Crippen molar-refractivity contribution >= 4 is 33.2 Å². The van der Waals surface area contributed by atoms with Crippen LogP contribution in [0.3, 0.4) is 0 Å². The van der Waals surface area contributed by atoms with Crippen molar-refractivity contribution in [3.63, 3.8) is 0 Å². The molecule has 2 aromatic carbocycles. The minimum absolute atomic E-state index is 0.0766. The topological polar surface area (TPSA) is 75.3 Å². The number of nitrogens with one attached hydrogen (secondary N) is 2. The lowest BCUT2D eigenvalue weighted by Gasteiger charge is -2.09. The molecule has 25 heavy (non-hydrogen) atoms. The van der Waals surface area contributed by atoms with Crippen LogP contribution >= 0.6 is 11.6 Å². The Morgan fingerprint density at radius 3 is 2.48 bits per heavy atom. The van der Waals surface area contributed by atoms with E-state index in [0.29, 0.717) is 17.3 Å². The molecule has 0 saturated heterocycles. The van der Waals surface area contributed by atoms with Crippen LogP contribution < -0.4 is 10.0 Å². The molecule has 0 aliphatic heterocycles. The van der Waals surface area contributed by atoms with Gasteiger partial charge in [-0.3, -0.25) is 4.79 Å². The molecule has 0 aliphatic rings. The molecular formula is C18H21ClN2O3S. The van der Waals surface area contributed by atoms with Gasteiger partial charge in [0.1, 0.15) is 0 Å². The van der Waals surface area contributed by atoms with Crippen LogP contribution in [0.5, 0.6) is 0 Å². The predicted octanol–water partition coefficient (Wildman–Crippen LogP) is 4.06. The van der Waals surface area contributed by atoms with Gasteiger partial charge in [-0.1, -0.05) is 37.4 Å². The normalized spacial score (nSPS) is 11.3. The zero-order valence-corrected chi connectivity index (χ0v) is 15.5. The average Bonchev–Trinajstić information content (AvgIpc) is 2.61. The van der Waals surface area contributed by atoms with E-state index in [0.717, 1.165) is 19.3 Å². The van der Waals surface area contributed by atoms with Crippen LogP contribution in [0.4, 0.5) is 5.69 Å². The summed E-state index contributed by atoms with van der Waals surface area (Å²) in [5, 5.41) is 3.28. The Labute approximate surface area is 153 Å². The van der Waals surface area contributed by atoms with Crippen LogP contribution in [0.2, 0.25) is 5.02 Å². The highest BCUT2D eigenvalue weighted by molar-refractivity contribution is 7.89. The van der Waals surface area contributed by atoms with Gasteiger partial charge in [-0.15, -0.1) is 0 Å². The van der Waals surface area contributed by atoms with Crippen molar-refractivity contribution in [3.05, 3.63) is 59.1 Å². The summed E-state index contributed by atoms with van der Waals surface area (Å²) >= 11 is 5.81. The SMILES string of the molecule is CCCCCNS(=O)(=O)c1cccc(C(=O)Nc2ccc(Cl)cc2)c1. The van der Waals surface area contributed by atoms with Gasteiger partial charge in [-0.25, -0.2) is 13.1 Å². The lowest BCUT2D eigenvalue weighted by molar-refractivity contribution is 0.102. The number of anilines is 1. The Bertz CT molecular complexity index is 820. The van der Waals surface area contributed by atoms with Gasteiger partial charge < -0.3 is 5.32 Å². The molecule has 7 heteroatoms. The smallest absolute Gasteiger partial charge is 0.255 e. The molecule has 0 saturated carbocycles. The number of hydrogen-bond acceptors (Lipinski definition) is 3. The zero-order valence-electron chi connectivity index (χ0n) is 14.0. The Morgan fingerprint density at radius 2 is 1.80 bits per heavy atom. The van der Waals surface area contributed by atoms with Crippen molar-refractivity contribution in [1.29, 1.82) is 0 Å². The Kier molecular flexibility index (Phi) is 6.99. The number of rotatable bonds is 8. The number of carbonyl (C=O) groups excluding carboxylic acids is 1. The molecule has 0 aromatic heterocycles. The lowest BCUT2D eigenvalue weighted by atomic mass is 10.2. The van der Waals surface area contributed by atoms with Gasteiger partial charge >= 0.3 is 0 Å². The first-order chi connectivity index (χ1) is 11.9. The van der Waals surface area contributed by atoms with Crippen LogP contribution in [-0.2, 0) is 10.0 Å². The Hall–Kier alpha value is -1.89. The van der Waals surface area contributed by atoms with Crippen LogP contribution in [0.15, 0.2) is 53.4 Å². The van der Waals surface area contributed by atoms with Gasteiger partial charge in [0.05, 0.1) is 4.90 Å². The van der Waals surface area contributed by atoms with Crippen LogP contribution in [-0.4, -0.2) is 20.9 Å². The fourth-order valence-corrected chi connectivity index (χ4v) is 3.45. The van der Waals surface area contributed by atoms with Crippen molar-refractivity contribution in [2.24, 2.45) is 0 Å². The Morgan fingerprint density at radius 1 is 1.08 bits per heavy atom. The summed E-state index contributed by atoms with van der Waals surface area (Å²) < 4.78 is 27.2. The third-order valence-electron chi connectivity index (χ3n) is 3.58. The summed E-state index contributed by atoms with van der Waals surface area (Å²) in [6, 6.07) is 12.6. The molecule has 0 unspecified atom stereocenters. The average molecular weight is 381 g/mol. The molecule has 0 atom stereocenters. The molecule has 0 bridgehead atoms. The van der Waals surface area contributed by atoms with E-state index >= 15 is 0 Å². The largest absolute Gasteiger partial charge is 0.322 e. The second-order valence-electron chi connectivity index (χ2n) is 5.59. The Balaban J connectivity index is 2.09. The van der Waals surface area contributed by atoms with Gasteiger partial charge in [0, 0.05) is 22.8 Å².